The van der Waals surface area contributed by atoms with Crippen LogP contribution in [0.15, 0.2) is 42.7 Å². The number of ether oxygens (including phenoxy) is 2. The lowest BCUT2D eigenvalue weighted by atomic mass is 9.93. The molecule has 1 unspecified atom stereocenters. The molecule has 3 aromatic rings. The van der Waals surface area contributed by atoms with Gasteiger partial charge in [0, 0.05) is 60.8 Å². The van der Waals surface area contributed by atoms with E-state index in [0.29, 0.717) is 78.4 Å². The molecule has 2 fully saturated rings. The van der Waals surface area contributed by atoms with Gasteiger partial charge in [-0.05, 0) is 68.6 Å². The van der Waals surface area contributed by atoms with Gasteiger partial charge in [0.15, 0.2) is 5.75 Å². The standard InChI is InChI=1S/C32H38Cl2N6O5/c1-21(41)11-30(42)39-7-9-40(10-8-39)32-35-18-27(19-36-32)45-29-13-23(12-28(37-29)24-15-25(33)17-26(34)16-24)20-38-5-3-22(4-6-38)14-31(43)44-2/h12-13,15-19,21-22,41H,3-11,14,20H2,1-2H3. The van der Waals surface area contributed by atoms with E-state index in [-0.39, 0.29) is 18.3 Å². The van der Waals surface area contributed by atoms with Gasteiger partial charge in [-0.1, -0.05) is 23.2 Å². The first-order chi connectivity index (χ1) is 21.6. The van der Waals surface area contributed by atoms with Gasteiger partial charge in [-0.2, -0.15) is 0 Å². The van der Waals surface area contributed by atoms with Gasteiger partial charge >= 0.3 is 5.97 Å². The fraction of sp³-hybridized carbons (Fsp3) is 0.469. The lowest BCUT2D eigenvalue weighted by Crippen LogP contribution is -2.49. The van der Waals surface area contributed by atoms with Crippen LogP contribution in [0.3, 0.4) is 0 Å². The number of piperidine rings is 1. The minimum Gasteiger partial charge on any atom is -0.469 e. The quantitative estimate of drug-likeness (QED) is 0.304. The van der Waals surface area contributed by atoms with Crippen molar-refractivity contribution < 1.29 is 24.2 Å². The predicted molar refractivity (Wildman–Crippen MR) is 172 cm³/mol. The molecule has 2 aromatic heterocycles. The van der Waals surface area contributed by atoms with Crippen molar-refractivity contribution in [1.29, 1.82) is 0 Å². The maximum atomic E-state index is 12.3. The average Bonchev–Trinajstić information content (AvgIpc) is 3.01. The highest BCUT2D eigenvalue weighted by Gasteiger charge is 2.24. The highest BCUT2D eigenvalue weighted by molar-refractivity contribution is 6.35. The van der Waals surface area contributed by atoms with Gasteiger partial charge in [0.2, 0.25) is 17.7 Å². The minimum atomic E-state index is -0.655. The van der Waals surface area contributed by atoms with Gasteiger partial charge in [0.25, 0.3) is 0 Å². The number of piperazine rings is 1. The van der Waals surface area contributed by atoms with Gasteiger partial charge < -0.3 is 24.4 Å². The summed E-state index contributed by atoms with van der Waals surface area (Å²) in [6.07, 6.45) is 5.01. The van der Waals surface area contributed by atoms with Gasteiger partial charge in [-0.15, -0.1) is 0 Å². The number of halogens is 2. The van der Waals surface area contributed by atoms with Crippen LogP contribution in [0, 0.1) is 5.92 Å². The van der Waals surface area contributed by atoms with E-state index in [2.05, 4.69) is 14.9 Å². The number of rotatable bonds is 10. The third-order valence-corrected chi connectivity index (χ3v) is 8.47. The second-order valence-electron chi connectivity index (χ2n) is 11.6. The van der Waals surface area contributed by atoms with Crippen LogP contribution in [-0.2, 0) is 20.9 Å². The number of amides is 1. The summed E-state index contributed by atoms with van der Waals surface area (Å²) in [6, 6.07) is 9.24. The number of likely N-dealkylation sites (tertiary alicyclic amines) is 1. The molecule has 13 heteroatoms. The van der Waals surface area contributed by atoms with Crippen LogP contribution in [0.25, 0.3) is 11.3 Å². The summed E-state index contributed by atoms with van der Waals surface area (Å²) in [5.74, 6) is 1.50. The fourth-order valence-corrected chi connectivity index (χ4v) is 6.19. The summed E-state index contributed by atoms with van der Waals surface area (Å²) in [7, 11) is 1.43. The number of esters is 1. The number of anilines is 1. The van der Waals surface area contributed by atoms with E-state index in [1.807, 2.05) is 29.2 Å². The molecule has 1 atom stereocenters. The Balaban J connectivity index is 1.28. The Labute approximate surface area is 273 Å². The molecule has 0 saturated carbocycles. The van der Waals surface area contributed by atoms with Crippen molar-refractivity contribution in [3.8, 4) is 22.9 Å². The fourth-order valence-electron chi connectivity index (χ4n) is 5.66. The molecule has 240 valence electrons. The van der Waals surface area contributed by atoms with Crippen LogP contribution in [0.2, 0.25) is 10.0 Å². The van der Waals surface area contributed by atoms with Crippen molar-refractivity contribution in [2.24, 2.45) is 5.92 Å². The lowest BCUT2D eigenvalue weighted by Gasteiger charge is -2.35. The van der Waals surface area contributed by atoms with Crippen LogP contribution in [-0.4, -0.2) is 94.2 Å². The number of benzene rings is 1. The molecular weight excluding hydrogens is 619 g/mol. The number of pyridine rings is 1. The van der Waals surface area contributed by atoms with E-state index in [1.165, 1.54) is 7.11 Å². The highest BCUT2D eigenvalue weighted by atomic mass is 35.5. The summed E-state index contributed by atoms with van der Waals surface area (Å²) in [6.45, 7) is 6.33. The zero-order valence-corrected chi connectivity index (χ0v) is 27.0. The molecule has 0 aliphatic carbocycles. The SMILES string of the molecule is COC(=O)CC1CCN(Cc2cc(Oc3cnc(N4CCN(C(=O)CC(C)O)CC4)nc3)nc(-c3cc(Cl)cc(Cl)c3)c2)CC1. The number of aromatic nitrogens is 3. The van der Waals surface area contributed by atoms with Gasteiger partial charge in [0.1, 0.15) is 0 Å². The van der Waals surface area contributed by atoms with Crippen molar-refractivity contribution in [1.82, 2.24) is 24.8 Å². The molecule has 11 nitrogen and oxygen atoms in total. The second-order valence-corrected chi connectivity index (χ2v) is 12.5. The van der Waals surface area contributed by atoms with E-state index in [1.54, 1.807) is 30.3 Å². The van der Waals surface area contributed by atoms with Crippen LogP contribution < -0.4 is 9.64 Å². The van der Waals surface area contributed by atoms with Gasteiger partial charge in [0.05, 0.1) is 37.7 Å². The van der Waals surface area contributed by atoms with Crippen LogP contribution >= 0.6 is 23.2 Å². The molecule has 0 spiro atoms. The Hall–Kier alpha value is -3.51. The molecular formula is C32H38Cl2N6O5. The predicted octanol–water partition coefficient (Wildman–Crippen LogP) is 4.83. The average molecular weight is 658 g/mol. The van der Waals surface area contributed by atoms with Crippen molar-refractivity contribution in [2.75, 3.05) is 51.3 Å². The molecule has 1 aromatic carbocycles. The van der Waals surface area contributed by atoms with Crippen molar-refractivity contribution >= 4 is 41.0 Å². The maximum Gasteiger partial charge on any atom is 0.305 e. The van der Waals surface area contributed by atoms with E-state index in [0.717, 1.165) is 37.1 Å². The van der Waals surface area contributed by atoms with Crippen molar-refractivity contribution in [3.05, 3.63) is 58.3 Å². The minimum absolute atomic E-state index is 0.0495. The number of methoxy groups -OCH3 is 1. The number of nitrogens with zero attached hydrogens (tertiary/aromatic N) is 6. The third-order valence-electron chi connectivity index (χ3n) is 8.04. The highest BCUT2D eigenvalue weighted by Crippen LogP contribution is 2.31. The molecule has 0 bridgehead atoms. The number of aliphatic hydroxyl groups is 1. The van der Waals surface area contributed by atoms with E-state index >= 15 is 0 Å². The topological polar surface area (TPSA) is 121 Å². The Bertz CT molecular complexity index is 1460. The largest absolute Gasteiger partial charge is 0.469 e. The Morgan fingerprint density at radius 1 is 0.978 bits per heavy atom. The monoisotopic (exact) mass is 656 g/mol. The number of carbonyl (C=O) groups is 2. The van der Waals surface area contributed by atoms with Crippen LogP contribution in [0.4, 0.5) is 5.95 Å². The molecule has 4 heterocycles. The summed E-state index contributed by atoms with van der Waals surface area (Å²) in [5, 5.41) is 10.5. The summed E-state index contributed by atoms with van der Waals surface area (Å²) in [4.78, 5) is 43.9. The van der Waals surface area contributed by atoms with Crippen LogP contribution in [0.1, 0.15) is 38.2 Å². The van der Waals surface area contributed by atoms with Crippen molar-refractivity contribution in [2.45, 2.75) is 45.3 Å². The van der Waals surface area contributed by atoms with Gasteiger partial charge in [-0.25, -0.2) is 15.0 Å². The van der Waals surface area contributed by atoms with E-state index < -0.39 is 6.10 Å². The first-order valence-corrected chi connectivity index (χ1v) is 15.9. The summed E-state index contributed by atoms with van der Waals surface area (Å²) >= 11 is 12.6. The lowest BCUT2D eigenvalue weighted by molar-refractivity contribution is -0.142. The normalized spacial score (nSPS) is 16.8. The Morgan fingerprint density at radius 2 is 1.64 bits per heavy atom. The molecule has 0 radical (unpaired) electrons. The van der Waals surface area contributed by atoms with Gasteiger partial charge in [-0.3, -0.25) is 14.5 Å². The molecule has 1 N–H and O–H groups in total. The summed E-state index contributed by atoms with van der Waals surface area (Å²) < 4.78 is 11.0. The van der Waals surface area contributed by atoms with E-state index in [4.69, 9.17) is 37.7 Å². The zero-order chi connectivity index (χ0) is 31.9. The zero-order valence-electron chi connectivity index (χ0n) is 25.5. The molecule has 2 aliphatic rings. The Morgan fingerprint density at radius 3 is 2.27 bits per heavy atom. The second kappa shape index (κ2) is 15.2. The number of hydrogen-bond donors (Lipinski definition) is 1. The smallest absolute Gasteiger partial charge is 0.305 e. The summed E-state index contributed by atoms with van der Waals surface area (Å²) in [5.41, 5.74) is 2.46. The first kappa shape index (κ1) is 32.9. The van der Waals surface area contributed by atoms with Crippen LogP contribution in [0.5, 0.6) is 11.6 Å². The van der Waals surface area contributed by atoms with Crippen molar-refractivity contribution in [3.63, 3.8) is 0 Å². The number of hydrogen-bond acceptors (Lipinski definition) is 10. The number of aliphatic hydroxyl groups excluding tert-OH is 1. The Kier molecular flexibility index (Phi) is 11.1. The first-order valence-electron chi connectivity index (χ1n) is 15.1. The molecule has 1 amide bonds. The number of carbonyl (C=O) groups excluding carboxylic acids is 2. The molecule has 45 heavy (non-hydrogen) atoms. The maximum absolute atomic E-state index is 12.3. The third kappa shape index (κ3) is 9.26. The molecule has 2 aliphatic heterocycles. The van der Waals surface area contributed by atoms with E-state index in [9.17, 15) is 14.7 Å². The molecule has 2 saturated heterocycles. The molecule has 5 rings (SSSR count).